The molecular weight excluding hydrogens is 509 g/mol. The van der Waals surface area contributed by atoms with Crippen LogP contribution in [0.4, 0.5) is 21.5 Å². The summed E-state index contributed by atoms with van der Waals surface area (Å²) in [5, 5.41) is 8.77. The fourth-order valence-corrected chi connectivity index (χ4v) is 3.17. The van der Waals surface area contributed by atoms with E-state index in [1.165, 1.54) is 18.9 Å². The van der Waals surface area contributed by atoms with Crippen LogP contribution in [-0.2, 0) is 9.59 Å². The van der Waals surface area contributed by atoms with Gasteiger partial charge in [-0.15, -0.1) is 0 Å². The zero-order valence-corrected chi connectivity index (χ0v) is 25.3. The highest BCUT2D eigenvalue weighted by Crippen LogP contribution is 2.33. The minimum Gasteiger partial charge on any atom is -0.492 e. The molecule has 0 unspecified atom stereocenters. The van der Waals surface area contributed by atoms with Gasteiger partial charge < -0.3 is 25.6 Å². The van der Waals surface area contributed by atoms with Crippen LogP contribution in [0.15, 0.2) is 48.0 Å². The number of hydrogen-bond acceptors (Lipinski definition) is 6. The third kappa shape index (κ3) is 11.6. The fourth-order valence-electron chi connectivity index (χ4n) is 3.17. The predicted octanol–water partition coefficient (Wildman–Crippen LogP) is 6.62. The molecule has 3 N–H and O–H groups in total. The van der Waals surface area contributed by atoms with Gasteiger partial charge in [-0.2, -0.15) is 0 Å². The van der Waals surface area contributed by atoms with Gasteiger partial charge in [0.1, 0.15) is 24.6 Å². The van der Waals surface area contributed by atoms with Gasteiger partial charge in [-0.1, -0.05) is 33.3 Å². The molecule has 0 atom stereocenters. The smallest absolute Gasteiger partial charge is 0.233 e. The third-order valence-electron chi connectivity index (χ3n) is 5.89. The lowest BCUT2D eigenvalue weighted by Gasteiger charge is -2.31. The maximum Gasteiger partial charge on any atom is 0.233 e. The summed E-state index contributed by atoms with van der Waals surface area (Å²) in [6, 6.07) is 9.79. The van der Waals surface area contributed by atoms with Crippen molar-refractivity contribution < 1.29 is 18.7 Å². The molecule has 0 bridgehead atoms. The molecular formula is C31H46FN5O3. The molecule has 220 valence electrons. The molecule has 2 aromatic carbocycles. The Morgan fingerprint density at radius 1 is 1.07 bits per heavy atom. The van der Waals surface area contributed by atoms with Gasteiger partial charge >= 0.3 is 0 Å². The second kappa shape index (κ2) is 17.1. The van der Waals surface area contributed by atoms with Gasteiger partial charge in [0.05, 0.1) is 11.3 Å². The summed E-state index contributed by atoms with van der Waals surface area (Å²) in [4.78, 5) is 30.4. The van der Waals surface area contributed by atoms with Gasteiger partial charge in [0.15, 0.2) is 0 Å². The van der Waals surface area contributed by atoms with Gasteiger partial charge in [-0.05, 0) is 59.0 Å². The third-order valence-corrected chi connectivity index (χ3v) is 5.89. The van der Waals surface area contributed by atoms with E-state index in [4.69, 9.17) is 4.74 Å². The average molecular weight is 556 g/mol. The Hall–Kier alpha value is -3.72. The molecule has 0 aliphatic rings. The first-order valence-electron chi connectivity index (χ1n) is 13.6. The van der Waals surface area contributed by atoms with Crippen LogP contribution in [0.3, 0.4) is 0 Å². The predicted molar refractivity (Wildman–Crippen MR) is 165 cm³/mol. The molecule has 2 aromatic rings. The minimum atomic E-state index is -0.510. The van der Waals surface area contributed by atoms with Gasteiger partial charge in [0.2, 0.25) is 11.8 Å². The molecule has 9 heteroatoms. The number of aliphatic imine (C=N–C) groups is 1. The molecule has 0 saturated carbocycles. The van der Waals surface area contributed by atoms with Crippen LogP contribution in [-0.4, -0.2) is 55.7 Å². The van der Waals surface area contributed by atoms with E-state index in [-0.39, 0.29) is 23.4 Å². The Bertz CT molecular complexity index is 1140. The maximum atomic E-state index is 15.0. The van der Waals surface area contributed by atoms with Crippen molar-refractivity contribution in [3.05, 3.63) is 54.4 Å². The Labute approximate surface area is 239 Å². The van der Waals surface area contributed by atoms with Crippen LogP contribution >= 0.6 is 0 Å². The monoisotopic (exact) mass is 555 g/mol. The molecule has 0 spiro atoms. The van der Waals surface area contributed by atoms with Crippen molar-refractivity contribution in [2.75, 3.05) is 37.9 Å². The highest BCUT2D eigenvalue weighted by Gasteiger charge is 2.24. The summed E-state index contributed by atoms with van der Waals surface area (Å²) in [5.74, 6) is -0.793. The van der Waals surface area contributed by atoms with E-state index in [0.29, 0.717) is 41.7 Å². The largest absolute Gasteiger partial charge is 0.492 e. The second-order valence-electron chi connectivity index (χ2n) is 10.2. The van der Waals surface area contributed by atoms with E-state index in [0.717, 1.165) is 0 Å². The molecule has 40 heavy (non-hydrogen) atoms. The van der Waals surface area contributed by atoms with Crippen LogP contribution in [0.25, 0.3) is 5.70 Å². The number of nitrogens with one attached hydrogen (secondary N) is 3. The lowest BCUT2D eigenvalue weighted by molar-refractivity contribution is -0.137. The van der Waals surface area contributed by atoms with Crippen molar-refractivity contribution in [2.45, 2.75) is 66.3 Å². The van der Waals surface area contributed by atoms with Crippen molar-refractivity contribution in [3.63, 3.8) is 0 Å². The lowest BCUT2D eigenvalue weighted by atomic mass is 10.1. The molecule has 8 nitrogen and oxygen atoms in total. The lowest BCUT2D eigenvalue weighted by Crippen LogP contribution is -2.43. The standard InChI is InChI=1S/C27H36FN5O3.C4H10/c1-8-30-23-16-21(36-14-13-29-6)15-22(28)26(23)18(2)31-19-9-11-20(12-10-19)32-24(34)17-25(35)33(7)27(3,4)5;1-3-4-2/h8-12,15-16,29,31H,2,13-14,17H2,1,3-7H3,(H,32,34);3-4H2,1-2H3. The first kappa shape index (κ1) is 34.3. The van der Waals surface area contributed by atoms with Crippen LogP contribution in [0.1, 0.15) is 66.4 Å². The molecule has 0 saturated heterocycles. The van der Waals surface area contributed by atoms with E-state index >= 15 is 0 Å². The number of halogens is 1. The van der Waals surface area contributed by atoms with Crippen LogP contribution in [0, 0.1) is 5.82 Å². The quantitative estimate of drug-likeness (QED) is 0.155. The van der Waals surface area contributed by atoms with Gasteiger partial charge in [0, 0.05) is 54.6 Å². The number of benzene rings is 2. The summed E-state index contributed by atoms with van der Waals surface area (Å²) in [7, 11) is 3.48. The number of unbranched alkanes of at least 4 members (excludes halogenated alkanes) is 1. The van der Waals surface area contributed by atoms with Crippen LogP contribution in [0.5, 0.6) is 5.75 Å². The number of anilines is 2. The van der Waals surface area contributed by atoms with Gasteiger partial charge in [-0.25, -0.2) is 4.39 Å². The number of ether oxygens (including phenoxy) is 1. The van der Waals surface area contributed by atoms with Crippen LogP contribution in [0.2, 0.25) is 0 Å². The SMILES string of the molecule is C=C(Nc1ccc(NC(=O)CC(=O)N(C)C(C)(C)C)cc1)c1c(F)cc(OCCNC)cc1N=CC.CCCC. The molecule has 2 amide bonds. The zero-order valence-electron chi connectivity index (χ0n) is 25.3. The number of carbonyl (C=O) groups is 2. The Morgan fingerprint density at radius 2 is 1.65 bits per heavy atom. The summed E-state index contributed by atoms with van der Waals surface area (Å²) < 4.78 is 20.6. The fraction of sp³-hybridized carbons (Fsp3) is 0.452. The van der Waals surface area contributed by atoms with Gasteiger partial charge in [-0.3, -0.25) is 14.6 Å². The molecule has 0 radical (unpaired) electrons. The Morgan fingerprint density at radius 3 is 2.15 bits per heavy atom. The minimum absolute atomic E-state index is 0.230. The maximum absolute atomic E-state index is 15.0. The number of amides is 2. The Kier molecular flexibility index (Phi) is 14.6. The molecule has 2 rings (SSSR count). The molecule has 0 heterocycles. The number of likely N-dealkylation sites (N-methyl/N-ethyl adjacent to an activating group) is 1. The second-order valence-corrected chi connectivity index (χ2v) is 10.2. The first-order valence-corrected chi connectivity index (χ1v) is 13.6. The number of hydrogen-bond donors (Lipinski definition) is 3. The average Bonchev–Trinajstić information content (AvgIpc) is 2.89. The molecule has 0 fully saturated rings. The van der Waals surface area contributed by atoms with Crippen molar-refractivity contribution in [1.82, 2.24) is 10.2 Å². The summed E-state index contributed by atoms with van der Waals surface area (Å²) in [6.07, 6.45) is 3.96. The Balaban J connectivity index is 0.00000187. The van der Waals surface area contributed by atoms with Crippen LogP contribution < -0.4 is 20.7 Å². The number of nitrogens with zero attached hydrogens (tertiary/aromatic N) is 2. The van der Waals surface area contributed by atoms with E-state index in [1.54, 1.807) is 55.4 Å². The number of carbonyl (C=O) groups excluding carboxylic acids is 2. The summed E-state index contributed by atoms with van der Waals surface area (Å²) in [6.45, 7) is 16.8. The molecule has 0 aliphatic heterocycles. The molecule has 0 aromatic heterocycles. The normalized spacial score (nSPS) is 10.9. The summed E-state index contributed by atoms with van der Waals surface area (Å²) >= 11 is 0. The highest BCUT2D eigenvalue weighted by molar-refractivity contribution is 6.03. The van der Waals surface area contributed by atoms with Crippen molar-refractivity contribution in [1.29, 1.82) is 0 Å². The molecule has 0 aliphatic carbocycles. The van der Waals surface area contributed by atoms with E-state index < -0.39 is 11.7 Å². The van der Waals surface area contributed by atoms with E-state index in [9.17, 15) is 14.0 Å². The van der Waals surface area contributed by atoms with Crippen molar-refractivity contribution >= 4 is 40.8 Å². The highest BCUT2D eigenvalue weighted by atomic mass is 19.1. The van der Waals surface area contributed by atoms with E-state index in [2.05, 4.69) is 41.4 Å². The van der Waals surface area contributed by atoms with Crippen molar-refractivity contribution in [2.24, 2.45) is 4.99 Å². The summed E-state index contributed by atoms with van der Waals surface area (Å²) in [5.41, 5.74) is 1.75. The first-order chi connectivity index (χ1) is 18.9. The zero-order chi connectivity index (χ0) is 30.3. The van der Waals surface area contributed by atoms with E-state index in [1.807, 2.05) is 27.8 Å². The number of rotatable bonds is 12. The van der Waals surface area contributed by atoms with Crippen molar-refractivity contribution in [3.8, 4) is 5.75 Å². The van der Waals surface area contributed by atoms with Gasteiger partial charge in [0.25, 0.3) is 0 Å². The topological polar surface area (TPSA) is 95.1 Å².